The average molecular weight is 616 g/mol. The molecule has 1 N–H and O–H groups in total. The predicted molar refractivity (Wildman–Crippen MR) is 171 cm³/mol. The first-order valence-corrected chi connectivity index (χ1v) is 16.2. The summed E-state index contributed by atoms with van der Waals surface area (Å²) in [6, 6.07) is 21.2. The zero-order chi connectivity index (χ0) is 31.6. The van der Waals surface area contributed by atoms with Gasteiger partial charge in [0, 0.05) is 41.1 Å². The Labute approximate surface area is 263 Å². The first-order valence-electron chi connectivity index (χ1n) is 15.2. The molecule has 7 nitrogen and oxygen atoms in total. The maximum absolute atomic E-state index is 14.0. The number of ketones is 1. The van der Waals surface area contributed by atoms with Gasteiger partial charge in [-0.3, -0.25) is 4.79 Å². The van der Waals surface area contributed by atoms with Crippen molar-refractivity contribution in [2.24, 2.45) is 17.8 Å². The standard InChI is InChI=1S/C36H41NO6S/c1-22-15-28(22)21-44-29-13-11-26(12-14-29)32(38)31-19-37(35(41)42-20-25-9-7-6-8-10-25)18-30(31)27-16-23(2)33(24(3)17-27)43-36(4,5)34(39)40/h6-14,16-17,22,28,30-31H,15,18-21H2,1-5H3,(H,39,40)/t22?,28-,30-,31+/m1/s1. The summed E-state index contributed by atoms with van der Waals surface area (Å²) in [6.07, 6.45) is 0.840. The number of rotatable bonds is 11. The number of likely N-dealkylation sites (tertiary alicyclic amines) is 1. The molecule has 44 heavy (non-hydrogen) atoms. The largest absolute Gasteiger partial charge is 0.478 e. The molecular formula is C36H41NO6S. The van der Waals surface area contributed by atoms with Gasteiger partial charge in [-0.2, -0.15) is 0 Å². The number of amides is 1. The molecule has 1 aliphatic carbocycles. The number of hydrogen-bond donors (Lipinski definition) is 1. The molecule has 0 bridgehead atoms. The van der Waals surface area contributed by atoms with Crippen molar-refractivity contribution in [3.8, 4) is 5.75 Å². The Kier molecular flexibility index (Phi) is 9.39. The molecule has 2 aliphatic rings. The first-order chi connectivity index (χ1) is 20.9. The van der Waals surface area contributed by atoms with Crippen LogP contribution in [0.4, 0.5) is 4.79 Å². The van der Waals surface area contributed by atoms with Crippen molar-refractivity contribution in [2.75, 3.05) is 18.8 Å². The molecular weight excluding hydrogens is 574 g/mol. The van der Waals surface area contributed by atoms with Gasteiger partial charge in [0.15, 0.2) is 11.4 Å². The van der Waals surface area contributed by atoms with E-state index in [9.17, 15) is 19.5 Å². The smallest absolute Gasteiger partial charge is 0.410 e. The van der Waals surface area contributed by atoms with Gasteiger partial charge in [0.2, 0.25) is 0 Å². The average Bonchev–Trinajstić information content (AvgIpc) is 3.53. The summed E-state index contributed by atoms with van der Waals surface area (Å²) < 4.78 is 11.6. The Bertz CT molecular complexity index is 1500. The topological polar surface area (TPSA) is 93.1 Å². The van der Waals surface area contributed by atoms with Crippen LogP contribution in [0, 0.1) is 31.6 Å². The van der Waals surface area contributed by atoms with Crippen LogP contribution in [-0.4, -0.2) is 52.3 Å². The van der Waals surface area contributed by atoms with Gasteiger partial charge < -0.3 is 19.5 Å². The molecule has 1 amide bonds. The SMILES string of the molecule is Cc1cc([C@H]2CN(C(=O)OCc3ccccc3)C[C@@H]2C(=O)c2ccc(SC[C@H]3CC3C)cc2)cc(C)c1OC(C)(C)C(=O)O. The van der Waals surface area contributed by atoms with E-state index in [4.69, 9.17) is 9.47 Å². The lowest BCUT2D eigenvalue weighted by Gasteiger charge is -2.26. The zero-order valence-electron chi connectivity index (χ0n) is 26.0. The predicted octanol–water partition coefficient (Wildman–Crippen LogP) is 7.53. The quantitative estimate of drug-likeness (QED) is 0.176. The third-order valence-electron chi connectivity index (χ3n) is 8.78. The van der Waals surface area contributed by atoms with Crippen molar-refractivity contribution in [1.29, 1.82) is 0 Å². The van der Waals surface area contributed by atoms with E-state index in [1.54, 1.807) is 4.90 Å². The molecule has 0 aromatic heterocycles. The number of carbonyl (C=O) groups excluding carboxylic acids is 2. The Balaban J connectivity index is 1.38. The summed E-state index contributed by atoms with van der Waals surface area (Å²) in [5.74, 6) is 1.40. The van der Waals surface area contributed by atoms with E-state index < -0.39 is 23.6 Å². The van der Waals surface area contributed by atoms with Crippen LogP contribution in [0.5, 0.6) is 5.75 Å². The van der Waals surface area contributed by atoms with Gasteiger partial charge in [-0.25, -0.2) is 9.59 Å². The van der Waals surface area contributed by atoms with Crippen LogP contribution in [0.2, 0.25) is 0 Å². The molecule has 8 heteroatoms. The Morgan fingerprint density at radius 3 is 2.20 bits per heavy atom. The molecule has 1 heterocycles. The normalized spacial score (nSPS) is 21.2. The summed E-state index contributed by atoms with van der Waals surface area (Å²) in [4.78, 5) is 41.7. The molecule has 1 aliphatic heterocycles. The maximum Gasteiger partial charge on any atom is 0.410 e. The van der Waals surface area contributed by atoms with Crippen LogP contribution >= 0.6 is 11.8 Å². The zero-order valence-corrected chi connectivity index (χ0v) is 26.9. The van der Waals surface area contributed by atoms with Gasteiger partial charge in [0.1, 0.15) is 12.4 Å². The van der Waals surface area contributed by atoms with E-state index in [1.165, 1.54) is 20.3 Å². The molecule has 5 rings (SSSR count). The Morgan fingerprint density at radius 2 is 1.61 bits per heavy atom. The molecule has 1 saturated heterocycles. The number of aryl methyl sites for hydroxylation is 2. The van der Waals surface area contributed by atoms with Crippen LogP contribution in [0.1, 0.15) is 65.7 Å². The fourth-order valence-corrected chi connectivity index (χ4v) is 6.99. The molecule has 0 radical (unpaired) electrons. The lowest BCUT2D eigenvalue weighted by molar-refractivity contribution is -0.152. The van der Waals surface area contributed by atoms with Crippen molar-refractivity contribution in [1.82, 2.24) is 4.90 Å². The fraction of sp³-hybridized carbons (Fsp3) is 0.417. The number of thioether (sulfide) groups is 1. The molecule has 3 aromatic rings. The third kappa shape index (κ3) is 7.29. The number of Topliss-reactive ketones (excluding diaryl/α,β-unsaturated/α-hetero) is 1. The lowest BCUT2D eigenvalue weighted by atomic mass is 9.82. The van der Waals surface area contributed by atoms with Crippen LogP contribution in [-0.2, 0) is 16.1 Å². The molecule has 0 spiro atoms. The van der Waals surface area contributed by atoms with Crippen LogP contribution in [0.3, 0.4) is 0 Å². The highest BCUT2D eigenvalue weighted by Gasteiger charge is 2.42. The molecule has 1 saturated carbocycles. The van der Waals surface area contributed by atoms with E-state index in [1.807, 2.05) is 92.3 Å². The van der Waals surface area contributed by atoms with Crippen molar-refractivity contribution in [3.63, 3.8) is 0 Å². The minimum Gasteiger partial charge on any atom is -0.478 e. The van der Waals surface area contributed by atoms with Crippen molar-refractivity contribution < 1.29 is 29.0 Å². The number of hydrogen-bond acceptors (Lipinski definition) is 6. The Hall–Kier alpha value is -3.78. The van der Waals surface area contributed by atoms with Gasteiger partial charge in [0.25, 0.3) is 0 Å². The second-order valence-corrected chi connectivity index (χ2v) is 13.8. The van der Waals surface area contributed by atoms with E-state index in [-0.39, 0.29) is 24.9 Å². The van der Waals surface area contributed by atoms with Gasteiger partial charge in [0.05, 0.1) is 0 Å². The number of nitrogens with zero attached hydrogens (tertiary/aromatic N) is 1. The van der Waals surface area contributed by atoms with Crippen LogP contribution in [0.15, 0.2) is 71.6 Å². The van der Waals surface area contributed by atoms with Gasteiger partial charge >= 0.3 is 12.1 Å². The molecule has 2 fully saturated rings. The van der Waals surface area contributed by atoms with E-state index in [0.717, 1.165) is 44.7 Å². The fourth-order valence-electron chi connectivity index (χ4n) is 5.79. The monoisotopic (exact) mass is 615 g/mol. The van der Waals surface area contributed by atoms with Gasteiger partial charge in [-0.15, -0.1) is 11.8 Å². The van der Waals surface area contributed by atoms with Crippen molar-refractivity contribution in [3.05, 3.63) is 94.5 Å². The van der Waals surface area contributed by atoms with Crippen LogP contribution < -0.4 is 4.74 Å². The highest BCUT2D eigenvalue weighted by Crippen LogP contribution is 2.42. The van der Waals surface area contributed by atoms with Crippen LogP contribution in [0.25, 0.3) is 0 Å². The summed E-state index contributed by atoms with van der Waals surface area (Å²) in [7, 11) is 0. The number of ether oxygens (including phenoxy) is 2. The summed E-state index contributed by atoms with van der Waals surface area (Å²) in [5.41, 5.74) is 2.57. The molecule has 4 atom stereocenters. The van der Waals surface area contributed by atoms with Crippen molar-refractivity contribution in [2.45, 2.75) is 64.1 Å². The highest BCUT2D eigenvalue weighted by atomic mass is 32.2. The summed E-state index contributed by atoms with van der Waals surface area (Å²) in [5, 5.41) is 9.58. The number of aliphatic carboxylic acids is 1. The second-order valence-electron chi connectivity index (χ2n) is 12.7. The van der Waals surface area contributed by atoms with E-state index in [2.05, 4.69) is 6.92 Å². The third-order valence-corrected chi connectivity index (χ3v) is 9.98. The van der Waals surface area contributed by atoms with E-state index in [0.29, 0.717) is 17.9 Å². The lowest BCUT2D eigenvalue weighted by Crippen LogP contribution is -2.38. The number of benzene rings is 3. The molecule has 232 valence electrons. The van der Waals surface area contributed by atoms with E-state index >= 15 is 0 Å². The van der Waals surface area contributed by atoms with Crippen molar-refractivity contribution >= 4 is 29.6 Å². The number of carbonyl (C=O) groups is 3. The summed E-state index contributed by atoms with van der Waals surface area (Å²) in [6.45, 7) is 9.80. The van der Waals surface area contributed by atoms with Gasteiger partial charge in [-0.1, -0.05) is 61.5 Å². The first kappa shape index (κ1) is 31.6. The Morgan fingerprint density at radius 1 is 0.977 bits per heavy atom. The highest BCUT2D eigenvalue weighted by molar-refractivity contribution is 7.99. The second kappa shape index (κ2) is 13.1. The maximum atomic E-state index is 14.0. The summed E-state index contributed by atoms with van der Waals surface area (Å²) >= 11 is 1.83. The minimum atomic E-state index is -1.40. The molecule has 1 unspecified atom stereocenters. The number of carboxylic acids is 1. The van der Waals surface area contributed by atoms with Gasteiger partial charge in [-0.05, 0) is 80.3 Å². The molecule has 3 aromatic carbocycles. The number of carboxylic acid groups (broad SMARTS) is 1. The minimum absolute atomic E-state index is 0.0108.